The summed E-state index contributed by atoms with van der Waals surface area (Å²) in [5.74, 6) is 0.208. The Morgan fingerprint density at radius 2 is 2.29 bits per heavy atom. The van der Waals surface area contributed by atoms with Crippen molar-refractivity contribution in [1.29, 1.82) is 0 Å². The number of anilines is 1. The summed E-state index contributed by atoms with van der Waals surface area (Å²) in [5, 5.41) is 0. The van der Waals surface area contributed by atoms with E-state index in [4.69, 9.17) is 10.5 Å². The fourth-order valence-corrected chi connectivity index (χ4v) is 0.882. The molecular weight excluding hydrogens is 184 g/mol. The Hall–Kier alpha value is -1.78. The summed E-state index contributed by atoms with van der Waals surface area (Å²) >= 11 is 0. The van der Waals surface area contributed by atoms with Crippen LogP contribution in [-0.4, -0.2) is 24.7 Å². The molecule has 0 atom stereocenters. The van der Waals surface area contributed by atoms with E-state index in [1.165, 1.54) is 7.11 Å². The van der Waals surface area contributed by atoms with Crippen molar-refractivity contribution >= 4 is 11.8 Å². The molecule has 2 N–H and O–H groups in total. The number of hydrogen-bond donors (Lipinski definition) is 1. The predicted octanol–water partition coefficient (Wildman–Crippen LogP) is 0.524. The lowest BCUT2D eigenvalue weighted by atomic mass is 10.3. The lowest BCUT2D eigenvalue weighted by Gasteiger charge is -2.06. The van der Waals surface area contributed by atoms with Crippen LogP contribution < -0.4 is 10.5 Å². The maximum absolute atomic E-state index is 10.8. The van der Waals surface area contributed by atoms with Gasteiger partial charge >= 0.3 is 5.97 Å². The number of rotatable bonds is 3. The molecule has 0 spiro atoms. The first kappa shape index (κ1) is 10.3. The first-order valence-electron chi connectivity index (χ1n) is 4.06. The molecular formula is C9H12N2O3. The van der Waals surface area contributed by atoms with Crippen molar-refractivity contribution < 1.29 is 14.3 Å². The van der Waals surface area contributed by atoms with Crippen molar-refractivity contribution in [3.8, 4) is 5.75 Å². The quantitative estimate of drug-likeness (QED) is 0.713. The van der Waals surface area contributed by atoms with E-state index < -0.39 is 5.97 Å². The van der Waals surface area contributed by atoms with Gasteiger partial charge in [0.25, 0.3) is 0 Å². The van der Waals surface area contributed by atoms with Gasteiger partial charge in [0.2, 0.25) is 0 Å². The van der Waals surface area contributed by atoms with Gasteiger partial charge in [0.15, 0.2) is 18.2 Å². The second-order valence-electron chi connectivity index (χ2n) is 2.70. The average Bonchev–Trinajstić information content (AvgIpc) is 2.16. The molecule has 0 radical (unpaired) electrons. The highest BCUT2D eigenvalue weighted by atomic mass is 16.6. The second kappa shape index (κ2) is 4.45. The monoisotopic (exact) mass is 196 g/mol. The third kappa shape index (κ3) is 2.62. The van der Waals surface area contributed by atoms with Crippen molar-refractivity contribution in [2.45, 2.75) is 6.92 Å². The zero-order valence-electron chi connectivity index (χ0n) is 8.11. The molecule has 0 unspecified atom stereocenters. The van der Waals surface area contributed by atoms with E-state index in [1.54, 1.807) is 12.1 Å². The minimum Gasteiger partial charge on any atom is -0.478 e. The van der Waals surface area contributed by atoms with Crippen LogP contribution in [0.2, 0.25) is 0 Å². The van der Waals surface area contributed by atoms with Crippen LogP contribution >= 0.6 is 0 Å². The third-order valence-electron chi connectivity index (χ3n) is 1.60. The molecule has 1 aromatic heterocycles. The number of ether oxygens (including phenoxy) is 2. The maximum atomic E-state index is 10.8. The van der Waals surface area contributed by atoms with Gasteiger partial charge in [-0.3, -0.25) is 0 Å². The largest absolute Gasteiger partial charge is 0.478 e. The Bertz CT molecular complexity index is 339. The fraction of sp³-hybridized carbons (Fsp3) is 0.333. The first-order chi connectivity index (χ1) is 6.63. The molecule has 0 aliphatic heterocycles. The van der Waals surface area contributed by atoms with Crippen LogP contribution in [0.1, 0.15) is 5.69 Å². The standard InChI is InChI=1S/C9H12N2O3/c1-6-3-4-7(9(10)11-6)14-5-8(12)13-2/h3-4H,5H2,1-2H3,(H2,10,11). The summed E-state index contributed by atoms with van der Waals surface area (Å²) in [6.45, 7) is 1.66. The topological polar surface area (TPSA) is 74.4 Å². The molecule has 14 heavy (non-hydrogen) atoms. The van der Waals surface area contributed by atoms with E-state index in [0.717, 1.165) is 5.69 Å². The molecule has 0 amide bonds. The normalized spacial score (nSPS) is 9.57. The highest BCUT2D eigenvalue weighted by Gasteiger charge is 2.05. The SMILES string of the molecule is COC(=O)COc1ccc(C)nc1N. The van der Waals surface area contributed by atoms with E-state index >= 15 is 0 Å². The van der Waals surface area contributed by atoms with Crippen LogP contribution in [0.25, 0.3) is 0 Å². The number of pyridine rings is 1. The van der Waals surface area contributed by atoms with Crippen LogP contribution in [-0.2, 0) is 9.53 Å². The van der Waals surface area contributed by atoms with Gasteiger partial charge in [-0.05, 0) is 19.1 Å². The van der Waals surface area contributed by atoms with Crippen molar-refractivity contribution in [2.75, 3.05) is 19.5 Å². The Morgan fingerprint density at radius 1 is 1.57 bits per heavy atom. The van der Waals surface area contributed by atoms with Crippen LogP contribution in [0.4, 0.5) is 5.82 Å². The molecule has 0 aromatic carbocycles. The van der Waals surface area contributed by atoms with Crippen LogP contribution in [0, 0.1) is 6.92 Å². The third-order valence-corrected chi connectivity index (χ3v) is 1.60. The molecule has 0 saturated heterocycles. The number of esters is 1. The van der Waals surface area contributed by atoms with Gasteiger partial charge in [-0.15, -0.1) is 0 Å². The lowest BCUT2D eigenvalue weighted by molar-refractivity contribution is -0.142. The van der Waals surface area contributed by atoms with E-state index in [0.29, 0.717) is 5.75 Å². The molecule has 1 aromatic rings. The van der Waals surface area contributed by atoms with E-state index in [1.807, 2.05) is 6.92 Å². The van der Waals surface area contributed by atoms with Gasteiger partial charge in [0.05, 0.1) is 7.11 Å². The minimum atomic E-state index is -0.454. The summed E-state index contributed by atoms with van der Waals surface area (Å²) in [6, 6.07) is 3.42. The van der Waals surface area contributed by atoms with Gasteiger partial charge in [0.1, 0.15) is 0 Å². The highest BCUT2D eigenvalue weighted by Crippen LogP contribution is 2.18. The number of nitrogen functional groups attached to an aromatic ring is 1. The number of nitrogens with two attached hydrogens (primary N) is 1. The predicted molar refractivity (Wildman–Crippen MR) is 50.9 cm³/mol. The molecule has 0 aliphatic carbocycles. The summed E-state index contributed by atoms with van der Waals surface area (Å²) < 4.78 is 9.49. The molecule has 5 heteroatoms. The van der Waals surface area contributed by atoms with Crippen molar-refractivity contribution in [3.63, 3.8) is 0 Å². The van der Waals surface area contributed by atoms with Crippen LogP contribution in [0.3, 0.4) is 0 Å². The van der Waals surface area contributed by atoms with Gasteiger partial charge < -0.3 is 15.2 Å². The zero-order chi connectivity index (χ0) is 10.6. The molecule has 1 heterocycles. The van der Waals surface area contributed by atoms with E-state index in [9.17, 15) is 4.79 Å². The lowest BCUT2D eigenvalue weighted by Crippen LogP contribution is -2.13. The molecule has 0 saturated carbocycles. The highest BCUT2D eigenvalue weighted by molar-refractivity contribution is 5.71. The van der Waals surface area contributed by atoms with E-state index in [-0.39, 0.29) is 12.4 Å². The second-order valence-corrected chi connectivity index (χ2v) is 2.70. The van der Waals surface area contributed by atoms with Crippen molar-refractivity contribution in [3.05, 3.63) is 17.8 Å². The zero-order valence-corrected chi connectivity index (χ0v) is 8.11. The molecule has 0 fully saturated rings. The number of carbonyl (C=O) groups excluding carboxylic acids is 1. The minimum absolute atomic E-state index is 0.161. The fourth-order valence-electron chi connectivity index (χ4n) is 0.882. The van der Waals surface area contributed by atoms with Crippen molar-refractivity contribution in [1.82, 2.24) is 4.98 Å². The Balaban J connectivity index is 2.63. The van der Waals surface area contributed by atoms with Gasteiger partial charge in [-0.1, -0.05) is 0 Å². The number of methoxy groups -OCH3 is 1. The maximum Gasteiger partial charge on any atom is 0.343 e. The number of aromatic nitrogens is 1. The summed E-state index contributed by atoms with van der Waals surface area (Å²) in [7, 11) is 1.29. The first-order valence-corrected chi connectivity index (χ1v) is 4.06. The van der Waals surface area contributed by atoms with Crippen LogP contribution in [0.15, 0.2) is 12.1 Å². The van der Waals surface area contributed by atoms with Crippen LogP contribution in [0.5, 0.6) is 5.75 Å². The molecule has 0 aliphatic rings. The molecule has 76 valence electrons. The summed E-state index contributed by atoms with van der Waals surface area (Å²) in [5.41, 5.74) is 6.36. The molecule has 0 bridgehead atoms. The van der Waals surface area contributed by atoms with Gasteiger partial charge in [0, 0.05) is 5.69 Å². The Labute approximate surface area is 81.8 Å². The van der Waals surface area contributed by atoms with Gasteiger partial charge in [-0.2, -0.15) is 0 Å². The van der Waals surface area contributed by atoms with Gasteiger partial charge in [-0.25, -0.2) is 9.78 Å². The molecule has 1 rings (SSSR count). The Kier molecular flexibility index (Phi) is 3.28. The van der Waals surface area contributed by atoms with Crippen molar-refractivity contribution in [2.24, 2.45) is 0 Å². The van der Waals surface area contributed by atoms with E-state index in [2.05, 4.69) is 9.72 Å². The molecule has 5 nitrogen and oxygen atoms in total. The number of carbonyl (C=O) groups is 1. The summed E-state index contributed by atoms with van der Waals surface area (Å²) in [6.07, 6.45) is 0. The number of hydrogen-bond acceptors (Lipinski definition) is 5. The smallest absolute Gasteiger partial charge is 0.343 e. The number of aryl methyl sites for hydroxylation is 1. The Morgan fingerprint density at radius 3 is 2.86 bits per heavy atom. The average molecular weight is 196 g/mol. The summed E-state index contributed by atoms with van der Waals surface area (Å²) in [4.78, 5) is 14.7. The number of nitrogens with zero attached hydrogens (tertiary/aromatic N) is 1.